The zero-order chi connectivity index (χ0) is 13.5. The molecule has 4 nitrogen and oxygen atoms in total. The standard InChI is InChI=1S/C14H13BrN4/c15-13-5-1-6-14(18-13)19(9-3-7-16)11-12-4-2-8-17-10-12/h1-2,4-6,8,10H,3,9,11H2. The van der Waals surface area contributed by atoms with E-state index < -0.39 is 0 Å². The van der Waals surface area contributed by atoms with Gasteiger partial charge in [0, 0.05) is 25.5 Å². The molecule has 0 bridgehead atoms. The van der Waals surface area contributed by atoms with E-state index >= 15 is 0 Å². The summed E-state index contributed by atoms with van der Waals surface area (Å²) >= 11 is 3.37. The molecule has 0 atom stereocenters. The highest BCUT2D eigenvalue weighted by Crippen LogP contribution is 2.17. The monoisotopic (exact) mass is 316 g/mol. The molecule has 0 saturated heterocycles. The van der Waals surface area contributed by atoms with Crippen molar-refractivity contribution in [2.45, 2.75) is 13.0 Å². The molecule has 0 aliphatic carbocycles. The molecule has 5 heteroatoms. The van der Waals surface area contributed by atoms with Crippen molar-refractivity contribution in [3.63, 3.8) is 0 Å². The van der Waals surface area contributed by atoms with E-state index in [2.05, 4.69) is 36.9 Å². The van der Waals surface area contributed by atoms with Crippen molar-refractivity contribution in [2.75, 3.05) is 11.4 Å². The molecule has 0 spiro atoms. The van der Waals surface area contributed by atoms with E-state index in [1.807, 2.05) is 36.5 Å². The molecule has 2 rings (SSSR count). The minimum atomic E-state index is 0.467. The molecule has 0 aromatic carbocycles. The van der Waals surface area contributed by atoms with E-state index in [0.29, 0.717) is 19.5 Å². The summed E-state index contributed by atoms with van der Waals surface area (Å²) < 4.78 is 0.790. The van der Waals surface area contributed by atoms with Gasteiger partial charge in [-0.2, -0.15) is 5.26 Å². The molecular formula is C14H13BrN4. The maximum atomic E-state index is 8.76. The molecule has 0 unspecified atom stereocenters. The number of aromatic nitrogens is 2. The van der Waals surface area contributed by atoms with Gasteiger partial charge in [-0.3, -0.25) is 4.98 Å². The average Bonchev–Trinajstić information content (AvgIpc) is 2.44. The molecule has 2 aromatic rings. The van der Waals surface area contributed by atoms with E-state index in [9.17, 15) is 0 Å². The summed E-state index contributed by atoms with van der Waals surface area (Å²) in [6, 6.07) is 11.9. The highest BCUT2D eigenvalue weighted by molar-refractivity contribution is 9.10. The topological polar surface area (TPSA) is 52.8 Å². The fourth-order valence-corrected chi connectivity index (χ4v) is 2.08. The molecular weight excluding hydrogens is 304 g/mol. The number of nitrogens with zero attached hydrogens (tertiary/aromatic N) is 4. The smallest absolute Gasteiger partial charge is 0.130 e. The molecule has 0 saturated carbocycles. The van der Waals surface area contributed by atoms with E-state index in [4.69, 9.17) is 5.26 Å². The van der Waals surface area contributed by atoms with E-state index in [1.54, 1.807) is 6.20 Å². The number of anilines is 1. The van der Waals surface area contributed by atoms with Crippen LogP contribution >= 0.6 is 15.9 Å². The Morgan fingerprint density at radius 2 is 2.16 bits per heavy atom. The van der Waals surface area contributed by atoms with Gasteiger partial charge in [0.05, 0.1) is 12.5 Å². The van der Waals surface area contributed by atoms with Crippen molar-refractivity contribution in [1.82, 2.24) is 9.97 Å². The lowest BCUT2D eigenvalue weighted by Crippen LogP contribution is -2.24. The predicted octanol–water partition coefficient (Wildman–Crippen LogP) is 3.16. The SMILES string of the molecule is N#CCCN(Cc1cccnc1)c1cccc(Br)n1. The van der Waals surface area contributed by atoms with Gasteiger partial charge < -0.3 is 4.90 Å². The molecule has 0 aliphatic rings. The summed E-state index contributed by atoms with van der Waals surface area (Å²) in [5.74, 6) is 0.855. The van der Waals surface area contributed by atoms with Crippen molar-refractivity contribution in [3.8, 4) is 6.07 Å². The van der Waals surface area contributed by atoms with Gasteiger partial charge >= 0.3 is 0 Å². The molecule has 96 valence electrons. The summed E-state index contributed by atoms with van der Waals surface area (Å²) in [5, 5.41) is 8.76. The van der Waals surface area contributed by atoms with Crippen LogP contribution in [0.3, 0.4) is 0 Å². The Morgan fingerprint density at radius 1 is 1.26 bits per heavy atom. The molecule has 0 N–H and O–H groups in total. The first-order valence-corrected chi connectivity index (χ1v) is 6.72. The van der Waals surface area contributed by atoms with Crippen LogP contribution in [0, 0.1) is 11.3 Å². The van der Waals surface area contributed by atoms with Crippen LogP contribution < -0.4 is 4.90 Å². The lowest BCUT2D eigenvalue weighted by molar-refractivity contribution is 0.779. The minimum absolute atomic E-state index is 0.467. The molecule has 2 aromatic heterocycles. The third-order valence-electron chi connectivity index (χ3n) is 2.61. The van der Waals surface area contributed by atoms with Crippen LogP contribution in [0.25, 0.3) is 0 Å². The largest absolute Gasteiger partial charge is 0.351 e. The Kier molecular flexibility index (Phi) is 4.87. The normalized spacial score (nSPS) is 9.89. The number of halogens is 1. The van der Waals surface area contributed by atoms with Crippen LogP contribution in [0.1, 0.15) is 12.0 Å². The second-order valence-corrected chi connectivity index (χ2v) is 4.82. The summed E-state index contributed by atoms with van der Waals surface area (Å²) in [6.07, 6.45) is 4.05. The Morgan fingerprint density at radius 3 is 2.84 bits per heavy atom. The first-order chi connectivity index (χ1) is 9.29. The zero-order valence-corrected chi connectivity index (χ0v) is 11.9. The highest BCUT2D eigenvalue weighted by Gasteiger charge is 2.09. The number of pyridine rings is 2. The van der Waals surface area contributed by atoms with Gasteiger partial charge in [0.25, 0.3) is 0 Å². The molecule has 2 heterocycles. The second kappa shape index (κ2) is 6.86. The van der Waals surface area contributed by atoms with Crippen molar-refractivity contribution in [1.29, 1.82) is 5.26 Å². The second-order valence-electron chi connectivity index (χ2n) is 4.01. The molecule has 0 amide bonds. The first-order valence-electron chi connectivity index (χ1n) is 5.93. The van der Waals surface area contributed by atoms with Gasteiger partial charge in [0.15, 0.2) is 0 Å². The number of nitriles is 1. The molecule has 0 radical (unpaired) electrons. The number of hydrogen-bond donors (Lipinski definition) is 0. The Bertz CT molecular complexity index is 565. The summed E-state index contributed by atoms with van der Waals surface area (Å²) in [7, 11) is 0. The zero-order valence-electron chi connectivity index (χ0n) is 10.3. The molecule has 0 aliphatic heterocycles. The Labute approximate surface area is 120 Å². The number of hydrogen-bond acceptors (Lipinski definition) is 4. The van der Waals surface area contributed by atoms with Crippen molar-refractivity contribution in [2.24, 2.45) is 0 Å². The van der Waals surface area contributed by atoms with Crippen LogP contribution in [-0.2, 0) is 6.54 Å². The molecule has 0 fully saturated rings. The van der Waals surface area contributed by atoms with Gasteiger partial charge in [-0.15, -0.1) is 0 Å². The van der Waals surface area contributed by atoms with Crippen LogP contribution in [0.4, 0.5) is 5.82 Å². The maximum Gasteiger partial charge on any atom is 0.130 e. The third-order valence-corrected chi connectivity index (χ3v) is 3.06. The summed E-state index contributed by atoms with van der Waals surface area (Å²) in [6.45, 7) is 1.34. The third kappa shape index (κ3) is 4.04. The predicted molar refractivity (Wildman–Crippen MR) is 77.5 cm³/mol. The fourth-order valence-electron chi connectivity index (χ4n) is 1.75. The highest BCUT2D eigenvalue weighted by atomic mass is 79.9. The van der Waals surface area contributed by atoms with E-state index in [1.165, 1.54) is 0 Å². The van der Waals surface area contributed by atoms with Gasteiger partial charge in [-0.25, -0.2) is 4.98 Å². The molecule has 19 heavy (non-hydrogen) atoms. The fraction of sp³-hybridized carbons (Fsp3) is 0.214. The maximum absolute atomic E-state index is 8.76. The van der Waals surface area contributed by atoms with Crippen LogP contribution in [0.5, 0.6) is 0 Å². The van der Waals surface area contributed by atoms with Crippen LogP contribution in [-0.4, -0.2) is 16.5 Å². The average molecular weight is 317 g/mol. The van der Waals surface area contributed by atoms with E-state index in [-0.39, 0.29) is 0 Å². The first kappa shape index (κ1) is 13.5. The lowest BCUT2D eigenvalue weighted by Gasteiger charge is -2.22. The lowest BCUT2D eigenvalue weighted by atomic mass is 10.2. The van der Waals surface area contributed by atoms with Crippen molar-refractivity contribution >= 4 is 21.7 Å². The van der Waals surface area contributed by atoms with Gasteiger partial charge in [0.1, 0.15) is 10.4 Å². The Hall–Kier alpha value is -1.93. The minimum Gasteiger partial charge on any atom is -0.351 e. The van der Waals surface area contributed by atoms with Crippen LogP contribution in [0.15, 0.2) is 47.3 Å². The summed E-state index contributed by atoms with van der Waals surface area (Å²) in [4.78, 5) is 10.6. The van der Waals surface area contributed by atoms with Crippen molar-refractivity contribution < 1.29 is 0 Å². The van der Waals surface area contributed by atoms with Crippen LogP contribution in [0.2, 0.25) is 0 Å². The van der Waals surface area contributed by atoms with E-state index in [0.717, 1.165) is 16.0 Å². The number of rotatable bonds is 5. The van der Waals surface area contributed by atoms with Gasteiger partial charge in [-0.1, -0.05) is 12.1 Å². The summed E-state index contributed by atoms with van der Waals surface area (Å²) in [5.41, 5.74) is 1.10. The van der Waals surface area contributed by atoms with Crippen molar-refractivity contribution in [3.05, 3.63) is 52.9 Å². The Balaban J connectivity index is 2.19. The van der Waals surface area contributed by atoms with Gasteiger partial charge in [-0.05, 0) is 39.7 Å². The quantitative estimate of drug-likeness (QED) is 0.795. The van der Waals surface area contributed by atoms with Gasteiger partial charge in [0.2, 0.25) is 0 Å².